The van der Waals surface area contributed by atoms with Crippen molar-refractivity contribution in [2.75, 3.05) is 13.2 Å². The molecule has 7 rings (SSSR count). The smallest absolute Gasteiger partial charge is 0.338 e. The summed E-state index contributed by atoms with van der Waals surface area (Å²) in [4.78, 5) is 39.7. The van der Waals surface area contributed by atoms with Gasteiger partial charge in [-0.15, -0.1) is 0 Å². The maximum absolute atomic E-state index is 13.9. The standard InChI is InChI=1S/C35H41ClO8/c1-18-14-27(42-32(41)23(18)16-37)19(2)24-8-9-25-22-15-30-35(44-30)29(43-31(40)20-4-6-21(36)7-5-20)11-10-28(39)34(35,17-38)26(22)12-13-33(24,25)3/h4-7,10-11,19,22,24-27,29-30,37-38H,8-9,12-17H2,1-3H3. The maximum Gasteiger partial charge on any atom is 0.338 e. The molecule has 3 saturated carbocycles. The number of ether oxygens (including phenoxy) is 3. The van der Waals surface area contributed by atoms with Crippen LogP contribution < -0.4 is 0 Å². The molecule has 2 aliphatic heterocycles. The molecule has 1 aromatic rings. The SMILES string of the molecule is CC1=C(CO)C(=O)OC(C(C)C2CCC3C4CC5OC56C(OC(=O)c5ccc(Cl)cc5)C=CC(=O)C6(CO)C4CCC23C)C1. The molecule has 6 aliphatic rings. The molecule has 1 saturated heterocycles. The van der Waals surface area contributed by atoms with Gasteiger partial charge in [0.15, 0.2) is 17.5 Å². The number of hydrogen-bond donors (Lipinski definition) is 2. The van der Waals surface area contributed by atoms with Gasteiger partial charge in [-0.2, -0.15) is 0 Å². The minimum absolute atomic E-state index is 0.0125. The van der Waals surface area contributed by atoms with E-state index in [9.17, 15) is 24.6 Å². The lowest BCUT2D eigenvalue weighted by Gasteiger charge is -2.58. The minimum Gasteiger partial charge on any atom is -0.458 e. The number of carbonyl (C=O) groups excluding carboxylic acids is 3. The van der Waals surface area contributed by atoms with E-state index in [2.05, 4.69) is 13.8 Å². The fourth-order valence-corrected chi connectivity index (χ4v) is 10.8. The van der Waals surface area contributed by atoms with Gasteiger partial charge in [0.1, 0.15) is 6.10 Å². The fourth-order valence-electron chi connectivity index (χ4n) is 10.6. The van der Waals surface area contributed by atoms with E-state index in [4.69, 9.17) is 25.8 Å². The predicted molar refractivity (Wildman–Crippen MR) is 161 cm³/mol. The molecule has 44 heavy (non-hydrogen) atoms. The van der Waals surface area contributed by atoms with Crippen molar-refractivity contribution in [3.05, 3.63) is 58.1 Å². The van der Waals surface area contributed by atoms with Gasteiger partial charge in [0, 0.05) is 11.4 Å². The summed E-state index contributed by atoms with van der Waals surface area (Å²) in [6.45, 7) is 5.81. The van der Waals surface area contributed by atoms with Crippen LogP contribution in [0.1, 0.15) is 69.7 Å². The third kappa shape index (κ3) is 4.03. The third-order valence-corrected chi connectivity index (χ3v) is 13.1. The van der Waals surface area contributed by atoms with Crippen LogP contribution in [0.4, 0.5) is 0 Å². The van der Waals surface area contributed by atoms with Gasteiger partial charge in [0.25, 0.3) is 0 Å². The number of fused-ring (bicyclic) bond motifs is 4. The van der Waals surface area contributed by atoms with Gasteiger partial charge in [-0.05, 0) is 110 Å². The molecule has 4 aliphatic carbocycles. The summed E-state index contributed by atoms with van der Waals surface area (Å²) < 4.78 is 18.4. The van der Waals surface area contributed by atoms with Crippen LogP contribution in [0, 0.1) is 40.4 Å². The van der Waals surface area contributed by atoms with Gasteiger partial charge in [-0.1, -0.05) is 31.0 Å². The zero-order valence-electron chi connectivity index (χ0n) is 25.5. The van der Waals surface area contributed by atoms with Crippen molar-refractivity contribution in [3.8, 4) is 0 Å². The molecule has 236 valence electrons. The largest absolute Gasteiger partial charge is 0.458 e. The van der Waals surface area contributed by atoms with Crippen LogP contribution in [-0.4, -0.2) is 65.1 Å². The Morgan fingerprint density at radius 1 is 1.14 bits per heavy atom. The Morgan fingerprint density at radius 2 is 1.89 bits per heavy atom. The molecule has 11 unspecified atom stereocenters. The number of aliphatic hydroxyl groups excluding tert-OH is 2. The van der Waals surface area contributed by atoms with E-state index in [1.807, 2.05) is 6.92 Å². The first kappa shape index (κ1) is 30.2. The summed E-state index contributed by atoms with van der Waals surface area (Å²) in [5.74, 6) is -0.186. The number of aliphatic hydroxyl groups is 2. The highest BCUT2D eigenvalue weighted by atomic mass is 35.5. The number of esters is 2. The molecule has 0 radical (unpaired) electrons. The van der Waals surface area contributed by atoms with E-state index in [1.54, 1.807) is 30.3 Å². The summed E-state index contributed by atoms with van der Waals surface area (Å²) in [5, 5.41) is 21.3. The van der Waals surface area contributed by atoms with Crippen LogP contribution in [0.5, 0.6) is 0 Å². The summed E-state index contributed by atoms with van der Waals surface area (Å²) in [7, 11) is 0. The molecule has 1 aromatic carbocycles. The molecule has 0 amide bonds. The second-order valence-electron chi connectivity index (χ2n) is 14.4. The van der Waals surface area contributed by atoms with Crippen molar-refractivity contribution in [2.45, 2.75) is 83.2 Å². The first-order chi connectivity index (χ1) is 21.0. The van der Waals surface area contributed by atoms with Crippen molar-refractivity contribution < 1.29 is 38.8 Å². The highest BCUT2D eigenvalue weighted by Gasteiger charge is 2.82. The van der Waals surface area contributed by atoms with Crippen LogP contribution in [0.25, 0.3) is 0 Å². The molecule has 8 nitrogen and oxygen atoms in total. The molecule has 9 heteroatoms. The number of epoxide rings is 1. The van der Waals surface area contributed by atoms with E-state index in [0.29, 0.717) is 34.4 Å². The minimum atomic E-state index is -1.17. The molecular formula is C35H41ClO8. The lowest BCUT2D eigenvalue weighted by atomic mass is 9.44. The molecule has 2 heterocycles. The van der Waals surface area contributed by atoms with Crippen molar-refractivity contribution in [3.63, 3.8) is 0 Å². The molecular weight excluding hydrogens is 584 g/mol. The van der Waals surface area contributed by atoms with Crippen LogP contribution in [-0.2, 0) is 23.8 Å². The van der Waals surface area contributed by atoms with Gasteiger partial charge in [-0.25, -0.2) is 9.59 Å². The van der Waals surface area contributed by atoms with Crippen LogP contribution in [0.2, 0.25) is 5.02 Å². The fraction of sp³-hybridized carbons (Fsp3) is 0.629. The average molecular weight is 625 g/mol. The Morgan fingerprint density at radius 3 is 2.57 bits per heavy atom. The first-order valence-electron chi connectivity index (χ1n) is 16.0. The lowest BCUT2D eigenvalue weighted by molar-refractivity contribution is -0.164. The number of allylic oxidation sites excluding steroid dienone is 1. The van der Waals surface area contributed by atoms with Gasteiger partial charge < -0.3 is 24.4 Å². The van der Waals surface area contributed by atoms with E-state index in [1.165, 1.54) is 6.08 Å². The van der Waals surface area contributed by atoms with Gasteiger partial charge in [0.2, 0.25) is 0 Å². The lowest BCUT2D eigenvalue weighted by Crippen LogP contribution is -2.67. The molecule has 11 atom stereocenters. The van der Waals surface area contributed by atoms with E-state index < -0.39 is 29.1 Å². The van der Waals surface area contributed by atoms with Gasteiger partial charge in [0.05, 0.1) is 35.9 Å². The summed E-state index contributed by atoms with van der Waals surface area (Å²) >= 11 is 6.00. The number of carbonyl (C=O) groups is 3. The summed E-state index contributed by atoms with van der Waals surface area (Å²) in [5.41, 5.74) is -0.622. The second kappa shape index (κ2) is 10.5. The topological polar surface area (TPSA) is 123 Å². The van der Waals surface area contributed by atoms with Crippen molar-refractivity contribution in [1.29, 1.82) is 0 Å². The van der Waals surface area contributed by atoms with E-state index in [-0.39, 0.29) is 54.4 Å². The Kier molecular flexibility index (Phi) is 7.20. The summed E-state index contributed by atoms with van der Waals surface area (Å²) in [6.07, 6.45) is 6.86. The molecule has 1 spiro atoms. The maximum atomic E-state index is 13.9. The van der Waals surface area contributed by atoms with Gasteiger partial charge >= 0.3 is 11.9 Å². The normalized spacial score (nSPS) is 42.9. The molecule has 2 N–H and O–H groups in total. The van der Waals surface area contributed by atoms with Crippen LogP contribution >= 0.6 is 11.6 Å². The van der Waals surface area contributed by atoms with Crippen molar-refractivity contribution >= 4 is 29.3 Å². The van der Waals surface area contributed by atoms with Crippen LogP contribution in [0.3, 0.4) is 0 Å². The molecule has 4 fully saturated rings. The average Bonchev–Trinajstić information content (AvgIpc) is 3.62. The Labute approximate surface area is 262 Å². The number of ketones is 1. The molecule has 0 aromatic heterocycles. The van der Waals surface area contributed by atoms with E-state index in [0.717, 1.165) is 37.7 Å². The second-order valence-corrected chi connectivity index (χ2v) is 14.8. The summed E-state index contributed by atoms with van der Waals surface area (Å²) in [6, 6.07) is 6.48. The Hall–Kier alpha value is -2.52. The Balaban J connectivity index is 1.15. The molecule has 0 bridgehead atoms. The number of halogens is 1. The highest BCUT2D eigenvalue weighted by molar-refractivity contribution is 6.30. The first-order valence-corrected chi connectivity index (χ1v) is 16.4. The number of benzene rings is 1. The highest BCUT2D eigenvalue weighted by Crippen LogP contribution is 2.73. The van der Waals surface area contributed by atoms with Gasteiger partial charge in [-0.3, -0.25) is 4.79 Å². The van der Waals surface area contributed by atoms with E-state index >= 15 is 0 Å². The van der Waals surface area contributed by atoms with Crippen molar-refractivity contribution in [2.24, 2.45) is 40.4 Å². The zero-order valence-corrected chi connectivity index (χ0v) is 26.2. The van der Waals surface area contributed by atoms with Crippen molar-refractivity contribution in [1.82, 2.24) is 0 Å². The predicted octanol–water partition coefficient (Wildman–Crippen LogP) is 4.84. The van der Waals surface area contributed by atoms with Crippen LogP contribution in [0.15, 0.2) is 47.6 Å². The monoisotopic (exact) mass is 624 g/mol. The quantitative estimate of drug-likeness (QED) is 0.340. The number of hydrogen-bond acceptors (Lipinski definition) is 8. The zero-order chi connectivity index (χ0) is 31.2. The Bertz CT molecular complexity index is 1450. The third-order valence-electron chi connectivity index (χ3n) is 12.8. The number of rotatable bonds is 6. The number of cyclic esters (lactones) is 1.